The van der Waals surface area contributed by atoms with Gasteiger partial charge in [-0.15, -0.1) is 0 Å². The average molecular weight is 271 g/mol. The first kappa shape index (κ1) is 13.3. The van der Waals surface area contributed by atoms with Crippen molar-refractivity contribution in [3.05, 3.63) is 34.6 Å². The molecule has 2 aliphatic carbocycles. The summed E-state index contributed by atoms with van der Waals surface area (Å²) in [5, 5.41) is 0. The minimum Gasteiger partial charge on any atom is -0.462 e. The molecule has 0 aromatic rings. The maximum absolute atomic E-state index is 12.1. The summed E-state index contributed by atoms with van der Waals surface area (Å²) in [4.78, 5) is 16.9. The SMILES string of the molecule is CCOC(=O)C1=C2N=C3CCCC(C)(C)C3=C2CC=C1. The molecule has 1 saturated carbocycles. The van der Waals surface area contributed by atoms with Crippen LogP contribution in [-0.2, 0) is 9.53 Å². The van der Waals surface area contributed by atoms with Crippen molar-refractivity contribution in [3.63, 3.8) is 0 Å². The van der Waals surface area contributed by atoms with E-state index in [0.717, 1.165) is 18.5 Å². The van der Waals surface area contributed by atoms with Gasteiger partial charge in [-0.2, -0.15) is 0 Å². The van der Waals surface area contributed by atoms with Crippen molar-refractivity contribution in [2.75, 3.05) is 6.61 Å². The topological polar surface area (TPSA) is 38.7 Å². The third kappa shape index (κ3) is 1.96. The molecule has 3 aliphatic rings. The van der Waals surface area contributed by atoms with Crippen LogP contribution in [0.2, 0.25) is 0 Å². The number of carbonyl (C=O) groups excluding carboxylic acids is 1. The molecule has 0 atom stereocenters. The molecule has 0 aromatic carbocycles. The van der Waals surface area contributed by atoms with E-state index in [2.05, 4.69) is 19.9 Å². The summed E-state index contributed by atoms with van der Waals surface area (Å²) in [6, 6.07) is 0. The first-order chi connectivity index (χ1) is 9.54. The van der Waals surface area contributed by atoms with Crippen molar-refractivity contribution in [2.45, 2.75) is 46.5 Å². The molecule has 0 aromatic heterocycles. The van der Waals surface area contributed by atoms with Gasteiger partial charge in [-0.05, 0) is 55.2 Å². The minimum absolute atomic E-state index is 0.166. The maximum atomic E-state index is 12.1. The molecule has 0 N–H and O–H groups in total. The number of allylic oxidation sites excluding steroid dienone is 3. The zero-order valence-corrected chi connectivity index (χ0v) is 12.5. The van der Waals surface area contributed by atoms with E-state index < -0.39 is 0 Å². The zero-order chi connectivity index (χ0) is 14.3. The quantitative estimate of drug-likeness (QED) is 0.718. The standard InChI is InChI=1S/C17H21NO2/c1-4-20-16(19)12-8-5-7-11-14-13(18-15(11)12)9-6-10-17(14,2)3/h5,8H,4,6-7,9-10H2,1-3H3. The van der Waals surface area contributed by atoms with Crippen LogP contribution in [-0.4, -0.2) is 18.3 Å². The summed E-state index contributed by atoms with van der Waals surface area (Å²) >= 11 is 0. The van der Waals surface area contributed by atoms with Crippen LogP contribution in [0.5, 0.6) is 0 Å². The van der Waals surface area contributed by atoms with Gasteiger partial charge in [0.2, 0.25) is 0 Å². The number of fused-ring (bicyclic) bond motifs is 2. The first-order valence-electron chi connectivity index (χ1n) is 7.44. The normalized spacial score (nSPS) is 23.4. The summed E-state index contributed by atoms with van der Waals surface area (Å²) in [6.07, 6.45) is 8.20. The number of nitrogens with zero attached hydrogens (tertiary/aromatic N) is 1. The lowest BCUT2D eigenvalue weighted by Crippen LogP contribution is -2.26. The van der Waals surface area contributed by atoms with Crippen LogP contribution in [0.25, 0.3) is 0 Å². The van der Waals surface area contributed by atoms with Crippen LogP contribution in [0.4, 0.5) is 0 Å². The first-order valence-corrected chi connectivity index (χ1v) is 7.44. The number of hydrogen-bond acceptors (Lipinski definition) is 3. The van der Waals surface area contributed by atoms with Crippen molar-refractivity contribution >= 4 is 11.7 Å². The fourth-order valence-electron chi connectivity index (χ4n) is 3.52. The molecule has 106 valence electrons. The lowest BCUT2D eigenvalue weighted by atomic mass is 9.70. The Balaban J connectivity index is 2.12. The molecule has 0 radical (unpaired) electrons. The van der Waals surface area contributed by atoms with E-state index in [1.807, 2.05) is 13.0 Å². The van der Waals surface area contributed by atoms with Crippen LogP contribution in [0.15, 0.2) is 39.6 Å². The molecule has 1 heterocycles. The molecule has 1 aliphatic heterocycles. The molecule has 0 spiro atoms. The predicted molar refractivity (Wildman–Crippen MR) is 79.5 cm³/mol. The second kappa shape index (κ2) is 4.72. The number of hydrogen-bond donors (Lipinski definition) is 0. The van der Waals surface area contributed by atoms with Crippen LogP contribution in [0.1, 0.15) is 46.5 Å². The van der Waals surface area contributed by atoms with Gasteiger partial charge in [-0.3, -0.25) is 4.99 Å². The van der Waals surface area contributed by atoms with Crippen molar-refractivity contribution in [3.8, 4) is 0 Å². The lowest BCUT2D eigenvalue weighted by Gasteiger charge is -2.33. The summed E-state index contributed by atoms with van der Waals surface area (Å²) in [6.45, 7) is 6.81. The van der Waals surface area contributed by atoms with Gasteiger partial charge < -0.3 is 4.74 Å². The van der Waals surface area contributed by atoms with Gasteiger partial charge in [-0.1, -0.05) is 19.9 Å². The molecule has 20 heavy (non-hydrogen) atoms. The lowest BCUT2D eigenvalue weighted by molar-refractivity contribution is -0.138. The number of ether oxygens (including phenoxy) is 1. The Bertz CT molecular complexity index is 588. The van der Waals surface area contributed by atoms with Crippen molar-refractivity contribution in [1.82, 2.24) is 0 Å². The highest BCUT2D eigenvalue weighted by molar-refractivity contribution is 6.08. The monoisotopic (exact) mass is 271 g/mol. The predicted octanol–water partition coefficient (Wildman–Crippen LogP) is 3.72. The Morgan fingerprint density at radius 2 is 2.25 bits per heavy atom. The fraction of sp³-hybridized carbons (Fsp3) is 0.529. The molecule has 0 amide bonds. The van der Waals surface area contributed by atoms with E-state index in [0.29, 0.717) is 12.2 Å². The number of esters is 1. The third-order valence-electron chi connectivity index (χ3n) is 4.37. The molecule has 3 rings (SSSR count). The van der Waals surface area contributed by atoms with Crippen LogP contribution in [0.3, 0.4) is 0 Å². The number of aliphatic imine (C=N–C) groups is 1. The Morgan fingerprint density at radius 1 is 1.45 bits per heavy atom. The summed E-state index contributed by atoms with van der Waals surface area (Å²) in [5.74, 6) is -0.252. The minimum atomic E-state index is -0.252. The van der Waals surface area contributed by atoms with E-state index in [1.54, 1.807) is 0 Å². The van der Waals surface area contributed by atoms with Gasteiger partial charge >= 0.3 is 5.97 Å². The Morgan fingerprint density at radius 3 is 3.00 bits per heavy atom. The van der Waals surface area contributed by atoms with Gasteiger partial charge in [-0.25, -0.2) is 4.79 Å². The summed E-state index contributed by atoms with van der Waals surface area (Å²) < 4.78 is 5.15. The highest BCUT2D eigenvalue weighted by Crippen LogP contribution is 2.48. The summed E-state index contributed by atoms with van der Waals surface area (Å²) in [7, 11) is 0. The van der Waals surface area contributed by atoms with Crippen LogP contribution >= 0.6 is 0 Å². The van der Waals surface area contributed by atoms with E-state index in [9.17, 15) is 4.79 Å². The van der Waals surface area contributed by atoms with Crippen molar-refractivity contribution in [1.29, 1.82) is 0 Å². The molecule has 0 unspecified atom stereocenters. The van der Waals surface area contributed by atoms with Gasteiger partial charge in [0.15, 0.2) is 0 Å². The maximum Gasteiger partial charge on any atom is 0.340 e. The largest absolute Gasteiger partial charge is 0.462 e. The molecule has 0 saturated heterocycles. The number of carbonyl (C=O) groups is 1. The zero-order valence-electron chi connectivity index (χ0n) is 12.5. The summed E-state index contributed by atoms with van der Waals surface area (Å²) in [5.41, 5.74) is 5.47. The molecular weight excluding hydrogens is 250 g/mol. The average Bonchev–Trinajstić information content (AvgIpc) is 2.78. The highest BCUT2D eigenvalue weighted by Gasteiger charge is 2.39. The second-order valence-corrected chi connectivity index (χ2v) is 6.24. The molecule has 3 heteroatoms. The smallest absolute Gasteiger partial charge is 0.340 e. The Kier molecular flexibility index (Phi) is 3.15. The Labute approximate surface area is 120 Å². The van der Waals surface area contributed by atoms with Crippen molar-refractivity contribution in [2.24, 2.45) is 10.4 Å². The van der Waals surface area contributed by atoms with Crippen LogP contribution < -0.4 is 0 Å². The van der Waals surface area contributed by atoms with Crippen LogP contribution in [0, 0.1) is 5.41 Å². The molecule has 3 nitrogen and oxygen atoms in total. The highest BCUT2D eigenvalue weighted by atomic mass is 16.5. The molecular formula is C17H21NO2. The van der Waals surface area contributed by atoms with Gasteiger partial charge in [0.05, 0.1) is 17.9 Å². The number of rotatable bonds is 2. The van der Waals surface area contributed by atoms with Gasteiger partial charge in [0.1, 0.15) is 0 Å². The third-order valence-corrected chi connectivity index (χ3v) is 4.37. The molecule has 1 fully saturated rings. The van der Waals surface area contributed by atoms with Crippen molar-refractivity contribution < 1.29 is 9.53 Å². The van der Waals surface area contributed by atoms with E-state index in [4.69, 9.17) is 9.73 Å². The van der Waals surface area contributed by atoms with Gasteiger partial charge in [0.25, 0.3) is 0 Å². The van der Waals surface area contributed by atoms with E-state index in [-0.39, 0.29) is 11.4 Å². The molecule has 0 bridgehead atoms. The van der Waals surface area contributed by atoms with Gasteiger partial charge in [0, 0.05) is 5.71 Å². The van der Waals surface area contributed by atoms with E-state index in [1.165, 1.54) is 29.7 Å². The fourth-order valence-corrected chi connectivity index (χ4v) is 3.52. The Hall–Kier alpha value is -1.64. The second-order valence-electron chi connectivity index (χ2n) is 6.24. The van der Waals surface area contributed by atoms with E-state index >= 15 is 0 Å².